The van der Waals surface area contributed by atoms with Crippen LogP contribution in [0.1, 0.15) is 11.1 Å². The Hall–Kier alpha value is -3.90. The highest BCUT2D eigenvalue weighted by atomic mass is 35.5. The van der Waals surface area contributed by atoms with Crippen molar-refractivity contribution in [3.63, 3.8) is 0 Å². The average molecular weight is 458 g/mol. The highest BCUT2D eigenvalue weighted by molar-refractivity contribution is 6.31. The van der Waals surface area contributed by atoms with Crippen LogP contribution in [0.15, 0.2) is 88.7 Å². The van der Waals surface area contributed by atoms with Gasteiger partial charge in [-0.25, -0.2) is 4.98 Å². The lowest BCUT2D eigenvalue weighted by Crippen LogP contribution is -2.23. The molecular weight excluding hydrogens is 438 g/mol. The Morgan fingerprint density at radius 2 is 1.42 bits per heavy atom. The number of halogens is 1. The molecule has 0 saturated heterocycles. The predicted octanol–water partition coefficient (Wildman–Crippen LogP) is 4.47. The minimum Gasteiger partial charge on any atom is -0.497 e. The zero-order valence-electron chi connectivity index (χ0n) is 17.9. The van der Waals surface area contributed by atoms with Crippen molar-refractivity contribution in [3.8, 4) is 5.75 Å². The summed E-state index contributed by atoms with van der Waals surface area (Å²) in [6.45, 7) is 0.741. The highest BCUT2D eigenvalue weighted by Crippen LogP contribution is 2.18. The molecule has 164 valence electrons. The third-order valence-electron chi connectivity index (χ3n) is 5.70. The van der Waals surface area contributed by atoms with E-state index in [0.717, 1.165) is 16.9 Å². The summed E-state index contributed by atoms with van der Waals surface area (Å²) in [7, 11) is 1.61. The fourth-order valence-corrected chi connectivity index (χ4v) is 4.09. The first-order valence-electron chi connectivity index (χ1n) is 10.4. The SMILES string of the molecule is COc1ccc(Cn2ccc3nc4ccn(Cc5ccccc5Cl)c(=O)c4cc3c2=O)cc1. The second-order valence-electron chi connectivity index (χ2n) is 7.79. The van der Waals surface area contributed by atoms with Gasteiger partial charge in [0, 0.05) is 17.4 Å². The zero-order chi connectivity index (χ0) is 22.9. The van der Waals surface area contributed by atoms with Gasteiger partial charge >= 0.3 is 0 Å². The molecule has 0 spiro atoms. The molecule has 0 aliphatic rings. The van der Waals surface area contributed by atoms with Crippen LogP contribution in [0.25, 0.3) is 21.8 Å². The minimum absolute atomic E-state index is 0.196. The predicted molar refractivity (Wildman–Crippen MR) is 130 cm³/mol. The first kappa shape index (κ1) is 21.0. The summed E-state index contributed by atoms with van der Waals surface area (Å²) < 4.78 is 8.38. The van der Waals surface area contributed by atoms with Gasteiger partial charge in [0.1, 0.15) is 5.75 Å². The van der Waals surface area contributed by atoms with Crippen molar-refractivity contribution < 1.29 is 4.74 Å². The van der Waals surface area contributed by atoms with Crippen LogP contribution < -0.4 is 15.9 Å². The summed E-state index contributed by atoms with van der Waals surface area (Å²) in [4.78, 5) is 31.0. The van der Waals surface area contributed by atoms with E-state index in [1.807, 2.05) is 42.5 Å². The molecule has 0 bridgehead atoms. The van der Waals surface area contributed by atoms with Gasteiger partial charge in [0.2, 0.25) is 0 Å². The first-order chi connectivity index (χ1) is 16.0. The Morgan fingerprint density at radius 3 is 2.03 bits per heavy atom. The standard InChI is InChI=1S/C26H20ClN3O3/c1-33-19-8-6-17(7-9-19)15-29-12-10-23-20(25(29)31)14-21-24(28-23)11-13-30(26(21)32)16-18-4-2-3-5-22(18)27/h2-14H,15-16H2,1H3. The van der Waals surface area contributed by atoms with Crippen LogP contribution in [-0.4, -0.2) is 21.2 Å². The lowest BCUT2D eigenvalue weighted by Gasteiger charge is -2.11. The molecular formula is C26H20ClN3O3. The van der Waals surface area contributed by atoms with E-state index < -0.39 is 0 Å². The fourth-order valence-electron chi connectivity index (χ4n) is 3.89. The van der Waals surface area contributed by atoms with Gasteiger partial charge < -0.3 is 13.9 Å². The number of rotatable bonds is 5. The molecule has 5 rings (SSSR count). The molecule has 0 atom stereocenters. The van der Waals surface area contributed by atoms with Crippen molar-refractivity contribution in [1.29, 1.82) is 0 Å². The van der Waals surface area contributed by atoms with E-state index in [1.165, 1.54) is 0 Å². The maximum Gasteiger partial charge on any atom is 0.260 e. The number of nitrogens with zero attached hydrogens (tertiary/aromatic N) is 3. The van der Waals surface area contributed by atoms with Crippen molar-refractivity contribution in [1.82, 2.24) is 14.1 Å². The molecule has 3 aromatic heterocycles. The van der Waals surface area contributed by atoms with Gasteiger partial charge in [0.25, 0.3) is 11.1 Å². The summed E-state index contributed by atoms with van der Waals surface area (Å²) in [6.07, 6.45) is 3.43. The molecule has 3 heterocycles. The van der Waals surface area contributed by atoms with E-state index in [0.29, 0.717) is 39.9 Å². The molecule has 33 heavy (non-hydrogen) atoms. The number of benzene rings is 2. The topological polar surface area (TPSA) is 66.1 Å². The number of methoxy groups -OCH3 is 1. The summed E-state index contributed by atoms with van der Waals surface area (Å²) >= 11 is 6.27. The number of aromatic nitrogens is 3. The molecule has 5 aromatic rings. The van der Waals surface area contributed by atoms with Crippen molar-refractivity contribution in [2.24, 2.45) is 0 Å². The Labute approximate surface area is 194 Å². The third-order valence-corrected chi connectivity index (χ3v) is 6.07. The van der Waals surface area contributed by atoms with Crippen LogP contribution in [0.4, 0.5) is 0 Å². The van der Waals surface area contributed by atoms with Crippen LogP contribution in [-0.2, 0) is 13.1 Å². The minimum atomic E-state index is -0.216. The molecule has 0 aliphatic heterocycles. The normalized spacial score (nSPS) is 11.2. The molecule has 0 fully saturated rings. The Bertz CT molecular complexity index is 1600. The molecule has 0 aliphatic carbocycles. The molecule has 0 amide bonds. The van der Waals surface area contributed by atoms with E-state index in [1.54, 1.807) is 52.9 Å². The monoisotopic (exact) mass is 457 g/mol. The van der Waals surface area contributed by atoms with Gasteiger partial charge in [0.05, 0.1) is 42.0 Å². The maximum atomic E-state index is 13.2. The van der Waals surface area contributed by atoms with Gasteiger partial charge in [-0.1, -0.05) is 41.9 Å². The van der Waals surface area contributed by atoms with Crippen LogP contribution in [0, 0.1) is 0 Å². The van der Waals surface area contributed by atoms with E-state index in [4.69, 9.17) is 16.3 Å². The Morgan fingerprint density at radius 1 is 0.818 bits per heavy atom. The molecule has 0 unspecified atom stereocenters. The van der Waals surface area contributed by atoms with E-state index >= 15 is 0 Å². The summed E-state index contributed by atoms with van der Waals surface area (Å²) in [5, 5.41) is 1.41. The Kier molecular flexibility index (Phi) is 5.44. The van der Waals surface area contributed by atoms with Crippen LogP contribution in [0.3, 0.4) is 0 Å². The van der Waals surface area contributed by atoms with Crippen molar-refractivity contribution in [2.75, 3.05) is 7.11 Å². The van der Waals surface area contributed by atoms with E-state index in [9.17, 15) is 9.59 Å². The van der Waals surface area contributed by atoms with Crippen LogP contribution >= 0.6 is 11.6 Å². The third kappa shape index (κ3) is 4.01. The summed E-state index contributed by atoms with van der Waals surface area (Å²) in [5.41, 5.74) is 2.51. The molecule has 7 heteroatoms. The van der Waals surface area contributed by atoms with Crippen LogP contribution in [0.5, 0.6) is 5.75 Å². The van der Waals surface area contributed by atoms with Gasteiger partial charge in [-0.05, 0) is 47.5 Å². The second-order valence-corrected chi connectivity index (χ2v) is 8.20. The summed E-state index contributed by atoms with van der Waals surface area (Å²) in [6, 6.07) is 20.2. The van der Waals surface area contributed by atoms with Crippen molar-refractivity contribution in [2.45, 2.75) is 13.1 Å². The smallest absolute Gasteiger partial charge is 0.260 e. The molecule has 2 aromatic carbocycles. The molecule has 0 radical (unpaired) electrons. The lowest BCUT2D eigenvalue weighted by molar-refractivity contribution is 0.414. The molecule has 0 saturated carbocycles. The average Bonchev–Trinajstić information content (AvgIpc) is 2.84. The fraction of sp³-hybridized carbons (Fsp3) is 0.115. The number of ether oxygens (including phenoxy) is 1. The quantitative estimate of drug-likeness (QED) is 0.365. The molecule has 0 N–H and O–H groups in total. The van der Waals surface area contributed by atoms with Crippen molar-refractivity contribution >= 4 is 33.4 Å². The number of hydrogen-bond donors (Lipinski definition) is 0. The van der Waals surface area contributed by atoms with Gasteiger partial charge in [0.15, 0.2) is 0 Å². The van der Waals surface area contributed by atoms with E-state index in [2.05, 4.69) is 4.98 Å². The lowest BCUT2D eigenvalue weighted by atomic mass is 10.1. The maximum absolute atomic E-state index is 13.2. The van der Waals surface area contributed by atoms with Crippen LogP contribution in [0.2, 0.25) is 5.02 Å². The number of pyridine rings is 3. The summed E-state index contributed by atoms with van der Waals surface area (Å²) in [5.74, 6) is 0.758. The van der Waals surface area contributed by atoms with Crippen molar-refractivity contribution in [3.05, 3.63) is 116 Å². The van der Waals surface area contributed by atoms with Gasteiger partial charge in [-0.15, -0.1) is 0 Å². The van der Waals surface area contributed by atoms with E-state index in [-0.39, 0.29) is 11.1 Å². The second kappa shape index (κ2) is 8.56. The highest BCUT2D eigenvalue weighted by Gasteiger charge is 2.11. The Balaban J connectivity index is 1.57. The zero-order valence-corrected chi connectivity index (χ0v) is 18.6. The first-order valence-corrected chi connectivity index (χ1v) is 10.8. The number of fused-ring (bicyclic) bond motifs is 2. The van der Waals surface area contributed by atoms with Gasteiger partial charge in [-0.3, -0.25) is 9.59 Å². The van der Waals surface area contributed by atoms with Gasteiger partial charge in [-0.2, -0.15) is 0 Å². The largest absolute Gasteiger partial charge is 0.497 e. The molecule has 6 nitrogen and oxygen atoms in total. The number of hydrogen-bond acceptors (Lipinski definition) is 4.